The molecule has 0 spiro atoms. The van der Waals surface area contributed by atoms with Crippen molar-refractivity contribution in [2.75, 3.05) is 0 Å². The molecule has 0 amide bonds. The molecule has 3 nitrogen and oxygen atoms in total. The van der Waals surface area contributed by atoms with Crippen LogP contribution >= 0.6 is 11.8 Å². The Morgan fingerprint density at radius 3 is 2.07 bits per heavy atom. The van der Waals surface area contributed by atoms with Gasteiger partial charge in [0.2, 0.25) is 0 Å². The molecule has 61 heavy (non-hydrogen) atoms. The van der Waals surface area contributed by atoms with Crippen molar-refractivity contribution in [1.82, 2.24) is 10.6 Å². The molecule has 6 aromatic rings. The summed E-state index contributed by atoms with van der Waals surface area (Å²) in [6.07, 6.45) is 22.1. The van der Waals surface area contributed by atoms with Gasteiger partial charge in [0.1, 0.15) is 6.17 Å². The zero-order chi connectivity index (χ0) is 40.7. The zero-order valence-electron chi connectivity index (χ0n) is 33.8. The van der Waals surface area contributed by atoms with Crippen LogP contribution in [0.15, 0.2) is 211 Å². The number of nitrogens with zero attached hydrogens (tertiary/aromatic N) is 1. The van der Waals surface area contributed by atoms with E-state index in [1.165, 1.54) is 82.6 Å². The van der Waals surface area contributed by atoms with Crippen LogP contribution in [0.4, 0.5) is 0 Å². The lowest BCUT2D eigenvalue weighted by Gasteiger charge is -2.42. The molecule has 5 aliphatic rings. The van der Waals surface area contributed by atoms with E-state index in [1.54, 1.807) is 0 Å². The van der Waals surface area contributed by atoms with Crippen LogP contribution < -0.4 is 10.6 Å². The van der Waals surface area contributed by atoms with Gasteiger partial charge in [-0.2, -0.15) is 5.26 Å². The molecule has 0 saturated heterocycles. The maximum atomic E-state index is 9.31. The standard InChI is InChI=1S/C57H45N3S/c58-36-37-22-24-38(25-23-37)39-26-28-40(29-27-39)45-34-35-46(48-17-8-7-16-47(45)48)41-30-32-44(33-31-41)57-59-54(43-14-5-2-6-15-43)53(42-12-3-1-4-13-42)55(60-57)51-20-11-19-50-49-18-9-10-21-52(49)61-56(50)51/h1-22,24-26,28-35,37,39,51,55-57,59-60H,23,27H2. The summed E-state index contributed by atoms with van der Waals surface area (Å²) in [5.74, 6) is 0.566. The van der Waals surface area contributed by atoms with Gasteiger partial charge in [0.15, 0.2) is 0 Å². The fourth-order valence-corrected chi connectivity index (χ4v) is 11.5. The molecule has 0 aromatic heterocycles. The molecule has 0 bridgehead atoms. The Labute approximate surface area is 362 Å². The maximum Gasteiger partial charge on any atom is 0.104 e. The lowest BCUT2D eigenvalue weighted by atomic mass is 9.78. The first kappa shape index (κ1) is 37.4. The third kappa shape index (κ3) is 6.95. The topological polar surface area (TPSA) is 47.9 Å². The molecule has 0 radical (unpaired) electrons. The number of hydrogen-bond donors (Lipinski definition) is 2. The molecule has 6 aromatic carbocycles. The summed E-state index contributed by atoms with van der Waals surface area (Å²) in [6.45, 7) is 0. The van der Waals surface area contributed by atoms with Crippen LogP contribution in [0.25, 0.3) is 44.3 Å². The third-order valence-corrected chi connectivity index (χ3v) is 14.5. The minimum absolute atomic E-state index is 0.00474. The molecule has 6 atom stereocenters. The molecule has 3 aliphatic carbocycles. The van der Waals surface area contributed by atoms with Gasteiger partial charge >= 0.3 is 0 Å². The van der Waals surface area contributed by atoms with Gasteiger partial charge in [-0.05, 0) is 85.3 Å². The van der Waals surface area contributed by atoms with E-state index in [2.05, 4.69) is 217 Å². The van der Waals surface area contributed by atoms with Gasteiger partial charge in [0, 0.05) is 39.3 Å². The Bertz CT molecular complexity index is 2920. The predicted molar refractivity (Wildman–Crippen MR) is 255 cm³/mol. The number of hydrogen-bond acceptors (Lipinski definition) is 4. The molecule has 2 N–H and O–H groups in total. The first-order valence-corrected chi connectivity index (χ1v) is 22.4. The number of nitriles is 1. The van der Waals surface area contributed by atoms with Gasteiger partial charge in [0.25, 0.3) is 0 Å². The number of fused-ring (bicyclic) bond motifs is 4. The summed E-state index contributed by atoms with van der Waals surface area (Å²) in [4.78, 5) is 1.37. The predicted octanol–water partition coefficient (Wildman–Crippen LogP) is 13.4. The van der Waals surface area contributed by atoms with E-state index in [0.29, 0.717) is 11.2 Å². The van der Waals surface area contributed by atoms with Crippen molar-refractivity contribution in [1.29, 1.82) is 5.26 Å². The summed E-state index contributed by atoms with van der Waals surface area (Å²) in [5, 5.41) is 20.4. The number of thioether (sulfide) groups is 1. The van der Waals surface area contributed by atoms with Crippen LogP contribution in [0.1, 0.15) is 46.8 Å². The van der Waals surface area contributed by atoms with Crippen LogP contribution in [0.5, 0.6) is 0 Å². The molecule has 0 fully saturated rings. The van der Waals surface area contributed by atoms with Gasteiger partial charge in [-0.1, -0.05) is 194 Å². The van der Waals surface area contributed by atoms with Crippen LogP contribution in [0, 0.1) is 29.1 Å². The smallest absolute Gasteiger partial charge is 0.104 e. The highest BCUT2D eigenvalue weighted by Gasteiger charge is 2.43. The highest BCUT2D eigenvalue weighted by atomic mass is 32.2. The summed E-state index contributed by atoms with van der Waals surface area (Å²) < 4.78 is 0. The van der Waals surface area contributed by atoms with E-state index in [0.717, 1.165) is 12.8 Å². The molecule has 2 heterocycles. The van der Waals surface area contributed by atoms with Crippen LogP contribution in [0.3, 0.4) is 0 Å². The van der Waals surface area contributed by atoms with E-state index >= 15 is 0 Å². The fraction of sp³-hybridized carbons (Fsp3) is 0.140. The second kappa shape index (κ2) is 16.1. The first-order valence-electron chi connectivity index (χ1n) is 21.5. The van der Waals surface area contributed by atoms with Gasteiger partial charge in [-0.25, -0.2) is 0 Å². The number of rotatable bonds is 7. The molecule has 4 heteroatoms. The van der Waals surface area contributed by atoms with E-state index in [4.69, 9.17) is 0 Å². The fourth-order valence-electron chi connectivity index (χ4n) is 9.99. The Hall–Kier alpha value is -6.64. The number of allylic oxidation sites excluding steroid dienone is 10. The van der Waals surface area contributed by atoms with E-state index < -0.39 is 0 Å². The molecular formula is C57H45N3S. The van der Waals surface area contributed by atoms with Crippen molar-refractivity contribution in [3.8, 4) is 17.2 Å². The Kier molecular flexibility index (Phi) is 9.85. The van der Waals surface area contributed by atoms with Crippen LogP contribution in [-0.2, 0) is 0 Å². The molecule has 2 aliphatic heterocycles. The summed E-state index contributed by atoms with van der Waals surface area (Å²) >= 11 is 2.01. The lowest BCUT2D eigenvalue weighted by molar-refractivity contribution is 0.392. The average molecular weight is 804 g/mol. The van der Waals surface area contributed by atoms with Crippen LogP contribution in [-0.4, -0.2) is 11.3 Å². The quantitative estimate of drug-likeness (QED) is 0.169. The molecular weight excluding hydrogens is 759 g/mol. The minimum Gasteiger partial charge on any atom is -0.365 e. The first-order chi connectivity index (χ1) is 30.2. The van der Waals surface area contributed by atoms with Crippen molar-refractivity contribution in [2.45, 2.75) is 35.2 Å². The largest absolute Gasteiger partial charge is 0.365 e. The Balaban J connectivity index is 0.924. The molecule has 0 saturated carbocycles. The van der Waals surface area contributed by atoms with E-state index in [9.17, 15) is 5.26 Å². The lowest BCUT2D eigenvalue weighted by Crippen LogP contribution is -2.51. The molecule has 11 rings (SSSR count). The minimum atomic E-state index is -0.112. The summed E-state index contributed by atoms with van der Waals surface area (Å²) in [5.41, 5.74) is 15.2. The van der Waals surface area contributed by atoms with Crippen molar-refractivity contribution in [3.63, 3.8) is 0 Å². The SMILES string of the molecule is N#CC1C=CC(C2C=CC(c3ccc(-c4ccc(C5NC(c6ccccc6)=C(c6ccccc6)C(C6C=CC=C7c8ccccc8SC76)N5)cc4)c4ccccc34)=CC2)=CC1. The van der Waals surface area contributed by atoms with Crippen molar-refractivity contribution < 1.29 is 0 Å². The van der Waals surface area contributed by atoms with Gasteiger partial charge in [-0.3, -0.25) is 5.32 Å². The second-order valence-electron chi connectivity index (χ2n) is 16.6. The molecule has 294 valence electrons. The van der Waals surface area contributed by atoms with Gasteiger partial charge < -0.3 is 5.32 Å². The number of benzene rings is 6. The number of nitrogens with one attached hydrogen (secondary N) is 2. The van der Waals surface area contributed by atoms with Crippen molar-refractivity contribution >= 4 is 45.0 Å². The van der Waals surface area contributed by atoms with Crippen molar-refractivity contribution in [2.24, 2.45) is 17.8 Å². The monoisotopic (exact) mass is 803 g/mol. The van der Waals surface area contributed by atoms with E-state index in [-0.39, 0.29) is 24.0 Å². The average Bonchev–Trinajstić information content (AvgIpc) is 3.73. The highest BCUT2D eigenvalue weighted by molar-refractivity contribution is 8.01. The van der Waals surface area contributed by atoms with Gasteiger partial charge in [-0.15, -0.1) is 11.8 Å². The zero-order valence-corrected chi connectivity index (χ0v) is 34.6. The third-order valence-electron chi connectivity index (χ3n) is 13.1. The Morgan fingerprint density at radius 1 is 0.607 bits per heavy atom. The maximum absolute atomic E-state index is 9.31. The normalized spacial score (nSPS) is 24.0. The van der Waals surface area contributed by atoms with E-state index in [1.807, 2.05) is 11.8 Å². The molecule has 6 unspecified atom stereocenters. The Morgan fingerprint density at radius 2 is 1.33 bits per heavy atom. The second-order valence-corrected chi connectivity index (χ2v) is 17.8. The van der Waals surface area contributed by atoms with Gasteiger partial charge in [0.05, 0.1) is 12.0 Å². The summed E-state index contributed by atoms with van der Waals surface area (Å²) in [6, 6.07) is 55.7. The van der Waals surface area contributed by atoms with Crippen LogP contribution in [0.2, 0.25) is 0 Å². The highest BCUT2D eigenvalue weighted by Crippen LogP contribution is 2.52. The summed E-state index contributed by atoms with van der Waals surface area (Å²) in [7, 11) is 0. The van der Waals surface area contributed by atoms with Crippen molar-refractivity contribution in [3.05, 3.63) is 234 Å².